The Morgan fingerprint density at radius 3 is 2.50 bits per heavy atom. The molecule has 0 aromatic heterocycles. The molecule has 82 valence electrons. The number of carboxylic acids is 1. The first kappa shape index (κ1) is 11.8. The second-order valence-corrected chi connectivity index (χ2v) is 3.15. The summed E-state index contributed by atoms with van der Waals surface area (Å²) in [6.45, 7) is 1.38. The molecule has 4 heteroatoms. The molecule has 0 heterocycles. The van der Waals surface area contributed by atoms with Gasteiger partial charge >= 0.3 is 5.97 Å². The molecular weight excluding hydrogens is 206 g/mol. The molecule has 0 saturated heterocycles. The van der Waals surface area contributed by atoms with E-state index < -0.39 is 17.9 Å². The topological polar surface area (TPSA) is 66.4 Å². The van der Waals surface area contributed by atoms with Crippen molar-refractivity contribution >= 4 is 11.9 Å². The number of benzene rings is 1. The molecule has 0 unspecified atom stereocenters. The maximum Gasteiger partial charge on any atom is 0.325 e. The second-order valence-electron chi connectivity index (χ2n) is 3.15. The molecular formula is C12H11NO3. The summed E-state index contributed by atoms with van der Waals surface area (Å²) < 4.78 is 0. The van der Waals surface area contributed by atoms with Gasteiger partial charge < -0.3 is 10.4 Å². The van der Waals surface area contributed by atoms with Gasteiger partial charge in [0.25, 0.3) is 5.91 Å². The largest absolute Gasteiger partial charge is 0.480 e. The Hall–Kier alpha value is -2.28. The lowest BCUT2D eigenvalue weighted by Crippen LogP contribution is -2.37. The van der Waals surface area contributed by atoms with Gasteiger partial charge in [-0.25, -0.2) is 0 Å². The number of hydrogen-bond donors (Lipinski definition) is 2. The van der Waals surface area contributed by atoms with Crippen molar-refractivity contribution in [2.75, 3.05) is 0 Å². The molecule has 1 amide bonds. The van der Waals surface area contributed by atoms with Crippen LogP contribution in [0.1, 0.15) is 12.5 Å². The van der Waals surface area contributed by atoms with E-state index in [1.165, 1.54) is 6.92 Å². The Labute approximate surface area is 93.3 Å². The van der Waals surface area contributed by atoms with Crippen molar-refractivity contribution in [1.82, 2.24) is 5.32 Å². The summed E-state index contributed by atoms with van der Waals surface area (Å²) in [7, 11) is 0. The van der Waals surface area contributed by atoms with Crippen LogP contribution >= 0.6 is 0 Å². The number of hydrogen-bond acceptors (Lipinski definition) is 2. The van der Waals surface area contributed by atoms with Crippen molar-refractivity contribution in [3.8, 4) is 11.8 Å². The van der Waals surface area contributed by atoms with Gasteiger partial charge in [0, 0.05) is 11.5 Å². The SMILES string of the molecule is C[C@@H](NC(=O)C#Cc1ccccc1)C(=O)O. The molecule has 0 bridgehead atoms. The number of amides is 1. The monoisotopic (exact) mass is 217 g/mol. The lowest BCUT2D eigenvalue weighted by molar-refractivity contribution is -0.140. The standard InChI is InChI=1S/C12H11NO3/c1-9(12(15)16)13-11(14)8-7-10-5-3-2-4-6-10/h2-6,9H,1H3,(H,13,14)(H,15,16)/t9-/m1/s1. The molecule has 0 aliphatic carbocycles. The van der Waals surface area contributed by atoms with Gasteiger partial charge in [-0.2, -0.15) is 0 Å². The fourth-order valence-electron chi connectivity index (χ4n) is 0.945. The average Bonchev–Trinajstić information content (AvgIpc) is 2.27. The van der Waals surface area contributed by atoms with Crippen LogP contribution in [0.5, 0.6) is 0 Å². The molecule has 0 aliphatic heterocycles. The van der Waals surface area contributed by atoms with Gasteiger partial charge in [0.05, 0.1) is 0 Å². The molecule has 1 aromatic rings. The highest BCUT2D eigenvalue weighted by atomic mass is 16.4. The maximum atomic E-state index is 11.2. The van der Waals surface area contributed by atoms with Crippen molar-refractivity contribution < 1.29 is 14.7 Å². The quantitative estimate of drug-likeness (QED) is 0.714. The van der Waals surface area contributed by atoms with Gasteiger partial charge in [0.15, 0.2) is 0 Å². The molecule has 0 fully saturated rings. The third-order valence-corrected chi connectivity index (χ3v) is 1.81. The number of rotatable bonds is 2. The Bertz CT molecular complexity index is 442. The summed E-state index contributed by atoms with van der Waals surface area (Å²) in [6, 6.07) is 8.06. The lowest BCUT2D eigenvalue weighted by Gasteiger charge is -2.04. The lowest BCUT2D eigenvalue weighted by atomic mass is 10.2. The summed E-state index contributed by atoms with van der Waals surface area (Å²) in [4.78, 5) is 21.6. The highest BCUT2D eigenvalue weighted by Gasteiger charge is 2.11. The third kappa shape index (κ3) is 3.84. The zero-order chi connectivity index (χ0) is 12.0. The minimum atomic E-state index is -1.09. The van der Waals surface area contributed by atoms with Gasteiger partial charge in [0.1, 0.15) is 6.04 Å². The van der Waals surface area contributed by atoms with Crippen molar-refractivity contribution in [3.63, 3.8) is 0 Å². The van der Waals surface area contributed by atoms with Crippen LogP contribution in [0.15, 0.2) is 30.3 Å². The first-order chi connectivity index (χ1) is 7.59. The van der Waals surface area contributed by atoms with E-state index in [1.54, 1.807) is 12.1 Å². The van der Waals surface area contributed by atoms with Crippen molar-refractivity contribution in [1.29, 1.82) is 0 Å². The minimum absolute atomic E-state index is 0.598. The van der Waals surface area contributed by atoms with Crippen LogP contribution in [0.25, 0.3) is 0 Å². The molecule has 4 nitrogen and oxygen atoms in total. The average molecular weight is 217 g/mol. The number of aliphatic carboxylic acids is 1. The maximum absolute atomic E-state index is 11.2. The summed E-state index contributed by atoms with van der Waals surface area (Å²) in [6.07, 6.45) is 0. The van der Waals surface area contributed by atoms with Crippen LogP contribution in [-0.2, 0) is 9.59 Å². The smallest absolute Gasteiger partial charge is 0.325 e. The predicted octanol–water partition coefficient (Wildman–Crippen LogP) is 0.627. The summed E-state index contributed by atoms with van der Waals surface area (Å²) >= 11 is 0. The Balaban J connectivity index is 2.59. The summed E-state index contributed by atoms with van der Waals surface area (Å²) in [5.41, 5.74) is 0.709. The Morgan fingerprint density at radius 1 is 1.31 bits per heavy atom. The first-order valence-corrected chi connectivity index (χ1v) is 4.70. The Kier molecular flexibility index (Phi) is 4.10. The van der Waals surface area contributed by atoms with Crippen molar-refractivity contribution in [2.24, 2.45) is 0 Å². The van der Waals surface area contributed by atoms with Gasteiger partial charge in [-0.3, -0.25) is 9.59 Å². The zero-order valence-corrected chi connectivity index (χ0v) is 8.73. The van der Waals surface area contributed by atoms with Crippen LogP contribution in [-0.4, -0.2) is 23.0 Å². The van der Waals surface area contributed by atoms with E-state index in [-0.39, 0.29) is 0 Å². The molecule has 1 atom stereocenters. The van der Waals surface area contributed by atoms with Crippen LogP contribution in [0, 0.1) is 11.8 Å². The van der Waals surface area contributed by atoms with Crippen molar-refractivity contribution in [3.05, 3.63) is 35.9 Å². The molecule has 1 rings (SSSR count). The van der Waals surface area contributed by atoms with E-state index in [1.807, 2.05) is 18.2 Å². The van der Waals surface area contributed by atoms with E-state index in [9.17, 15) is 9.59 Å². The first-order valence-electron chi connectivity index (χ1n) is 4.70. The normalized spacial score (nSPS) is 10.8. The van der Waals surface area contributed by atoms with E-state index in [2.05, 4.69) is 17.2 Å². The van der Waals surface area contributed by atoms with E-state index in [0.717, 1.165) is 0 Å². The molecule has 0 spiro atoms. The van der Waals surface area contributed by atoms with Crippen LogP contribution in [0.2, 0.25) is 0 Å². The molecule has 0 saturated carbocycles. The number of carbonyl (C=O) groups is 2. The molecule has 16 heavy (non-hydrogen) atoms. The van der Waals surface area contributed by atoms with E-state index in [0.29, 0.717) is 5.56 Å². The van der Waals surface area contributed by atoms with E-state index >= 15 is 0 Å². The van der Waals surface area contributed by atoms with Gasteiger partial charge in [-0.05, 0) is 19.1 Å². The molecule has 0 aliphatic rings. The molecule has 2 N–H and O–H groups in total. The summed E-state index contributed by atoms with van der Waals surface area (Å²) in [5.74, 6) is 3.27. The summed E-state index contributed by atoms with van der Waals surface area (Å²) in [5, 5.41) is 10.8. The number of carbonyl (C=O) groups excluding carboxylic acids is 1. The number of nitrogens with one attached hydrogen (secondary N) is 1. The van der Waals surface area contributed by atoms with Gasteiger partial charge in [-0.15, -0.1) is 0 Å². The third-order valence-electron chi connectivity index (χ3n) is 1.81. The van der Waals surface area contributed by atoms with Crippen LogP contribution in [0.3, 0.4) is 0 Å². The van der Waals surface area contributed by atoms with Gasteiger partial charge in [0.2, 0.25) is 0 Å². The molecule has 1 aromatic carbocycles. The fourth-order valence-corrected chi connectivity index (χ4v) is 0.945. The predicted molar refractivity (Wildman–Crippen MR) is 58.6 cm³/mol. The van der Waals surface area contributed by atoms with Crippen molar-refractivity contribution in [2.45, 2.75) is 13.0 Å². The van der Waals surface area contributed by atoms with E-state index in [4.69, 9.17) is 5.11 Å². The fraction of sp³-hybridized carbons (Fsp3) is 0.167. The number of carboxylic acid groups (broad SMARTS) is 1. The van der Waals surface area contributed by atoms with Gasteiger partial charge in [-0.1, -0.05) is 24.1 Å². The zero-order valence-electron chi connectivity index (χ0n) is 8.73. The van der Waals surface area contributed by atoms with Crippen LogP contribution in [0.4, 0.5) is 0 Å². The minimum Gasteiger partial charge on any atom is -0.480 e. The highest BCUT2D eigenvalue weighted by molar-refractivity contribution is 5.96. The second kappa shape index (κ2) is 5.56. The Morgan fingerprint density at radius 2 is 1.94 bits per heavy atom. The molecule has 0 radical (unpaired) electrons. The van der Waals surface area contributed by atoms with Crippen LogP contribution < -0.4 is 5.32 Å². The highest BCUT2D eigenvalue weighted by Crippen LogP contribution is 1.94.